The molecule has 0 unspecified atom stereocenters. The van der Waals surface area contributed by atoms with Crippen LogP contribution >= 0.6 is 15.9 Å². The minimum absolute atomic E-state index is 0.0471. The predicted octanol–water partition coefficient (Wildman–Crippen LogP) is 2.17. The topological polar surface area (TPSA) is 64.6 Å². The molecule has 5 nitrogen and oxygen atoms in total. The van der Waals surface area contributed by atoms with Crippen LogP contribution in [0.15, 0.2) is 0 Å². The normalized spacial score (nSPS) is 35.8. The van der Waals surface area contributed by atoms with Gasteiger partial charge in [-0.05, 0) is 32.1 Å². The van der Waals surface area contributed by atoms with E-state index in [-0.39, 0.29) is 29.9 Å². The zero-order chi connectivity index (χ0) is 15.5. The summed E-state index contributed by atoms with van der Waals surface area (Å²) in [7, 11) is 1.40. The third-order valence-electron chi connectivity index (χ3n) is 4.61. The molecule has 0 aromatic heterocycles. The van der Waals surface area contributed by atoms with Crippen LogP contribution in [0.5, 0.6) is 0 Å². The van der Waals surface area contributed by atoms with Gasteiger partial charge < -0.3 is 9.47 Å². The summed E-state index contributed by atoms with van der Waals surface area (Å²) >= 11 is 3.44. The first kappa shape index (κ1) is 16.7. The Morgan fingerprint density at radius 1 is 1.48 bits per heavy atom. The number of esters is 2. The minimum atomic E-state index is -0.457. The maximum Gasteiger partial charge on any atom is 0.322 e. The average molecular weight is 362 g/mol. The van der Waals surface area contributed by atoms with E-state index >= 15 is 0 Å². The van der Waals surface area contributed by atoms with Crippen molar-refractivity contribution in [2.45, 2.75) is 63.1 Å². The van der Waals surface area contributed by atoms with Gasteiger partial charge in [-0.25, -0.2) is 0 Å². The Kier molecular flexibility index (Phi) is 5.66. The van der Waals surface area contributed by atoms with Crippen molar-refractivity contribution in [3.8, 4) is 0 Å². The summed E-state index contributed by atoms with van der Waals surface area (Å²) in [5.74, 6) is -0.407. The zero-order valence-corrected chi connectivity index (χ0v) is 14.3. The Morgan fingerprint density at radius 3 is 2.81 bits per heavy atom. The first-order valence-corrected chi connectivity index (χ1v) is 8.77. The molecule has 2 saturated heterocycles. The van der Waals surface area contributed by atoms with E-state index < -0.39 is 5.60 Å². The number of cyclic esters (lactones) is 1. The summed E-state index contributed by atoms with van der Waals surface area (Å²) in [5, 5.41) is 4.28. The lowest BCUT2D eigenvalue weighted by atomic mass is 9.83. The van der Waals surface area contributed by atoms with Crippen LogP contribution in [-0.4, -0.2) is 42.1 Å². The highest BCUT2D eigenvalue weighted by Crippen LogP contribution is 2.41. The van der Waals surface area contributed by atoms with Crippen molar-refractivity contribution in [3.63, 3.8) is 0 Å². The molecule has 2 rings (SSSR count). The fraction of sp³-hybridized carbons (Fsp3) is 0.867. The van der Waals surface area contributed by atoms with Crippen LogP contribution in [0.3, 0.4) is 0 Å². The second-order valence-electron chi connectivity index (χ2n) is 6.11. The lowest BCUT2D eigenvalue weighted by molar-refractivity contribution is -0.153. The smallest absolute Gasteiger partial charge is 0.322 e. The number of methoxy groups -OCH3 is 1. The Balaban J connectivity index is 2.06. The van der Waals surface area contributed by atoms with E-state index in [1.165, 1.54) is 7.11 Å². The quantitative estimate of drug-likeness (QED) is 0.446. The Labute approximate surface area is 134 Å². The van der Waals surface area contributed by atoms with Gasteiger partial charge in [-0.1, -0.05) is 22.9 Å². The molecule has 2 heterocycles. The summed E-state index contributed by atoms with van der Waals surface area (Å²) in [5.41, 5.74) is -0.457. The molecule has 6 heteroatoms. The number of carbonyl (C=O) groups excluding carboxylic acids is 2. The Morgan fingerprint density at radius 2 is 2.24 bits per heavy atom. The summed E-state index contributed by atoms with van der Waals surface area (Å²) in [6.45, 7) is 1.92. The number of hydrogen-bond acceptors (Lipinski definition) is 5. The van der Waals surface area contributed by atoms with E-state index in [1.807, 2.05) is 6.92 Å². The minimum Gasteiger partial charge on any atom is -0.468 e. The van der Waals surface area contributed by atoms with Gasteiger partial charge in [0.1, 0.15) is 11.6 Å². The van der Waals surface area contributed by atoms with Gasteiger partial charge in [0.05, 0.1) is 13.0 Å². The van der Waals surface area contributed by atoms with E-state index in [9.17, 15) is 9.59 Å². The van der Waals surface area contributed by atoms with Crippen LogP contribution < -0.4 is 5.32 Å². The molecule has 0 saturated carbocycles. The molecule has 120 valence electrons. The Bertz CT molecular complexity index is 403. The van der Waals surface area contributed by atoms with E-state index in [0.717, 1.165) is 43.9 Å². The number of ether oxygens (including phenoxy) is 2. The third kappa shape index (κ3) is 3.59. The van der Waals surface area contributed by atoms with Crippen molar-refractivity contribution in [1.29, 1.82) is 0 Å². The average Bonchev–Trinajstić information content (AvgIpc) is 3.05. The molecule has 2 aliphatic rings. The SMILES string of the molecule is COC(=O)[C@@H]1CC[C@H]([C@]2(CCCCBr)C[C@@H](C)C(=O)O2)N1. The van der Waals surface area contributed by atoms with Crippen molar-refractivity contribution < 1.29 is 19.1 Å². The maximum absolute atomic E-state index is 11.9. The first-order valence-electron chi connectivity index (χ1n) is 7.65. The van der Waals surface area contributed by atoms with Gasteiger partial charge >= 0.3 is 11.9 Å². The van der Waals surface area contributed by atoms with Gasteiger partial charge in [0.25, 0.3) is 0 Å². The number of rotatable bonds is 6. The zero-order valence-electron chi connectivity index (χ0n) is 12.7. The predicted molar refractivity (Wildman–Crippen MR) is 82.2 cm³/mol. The number of hydrogen-bond donors (Lipinski definition) is 1. The molecule has 2 fully saturated rings. The highest BCUT2D eigenvalue weighted by Gasteiger charge is 2.52. The molecule has 0 radical (unpaired) electrons. The van der Waals surface area contributed by atoms with Crippen LogP contribution in [0.2, 0.25) is 0 Å². The maximum atomic E-state index is 11.9. The fourth-order valence-corrected chi connectivity index (χ4v) is 3.89. The second kappa shape index (κ2) is 7.09. The van der Waals surface area contributed by atoms with Crippen molar-refractivity contribution in [1.82, 2.24) is 5.32 Å². The Hall–Kier alpha value is -0.620. The number of unbranched alkanes of at least 4 members (excludes halogenated alkanes) is 1. The van der Waals surface area contributed by atoms with Crippen LogP contribution in [0, 0.1) is 5.92 Å². The molecule has 21 heavy (non-hydrogen) atoms. The van der Waals surface area contributed by atoms with Gasteiger partial charge in [-0.15, -0.1) is 0 Å². The molecule has 0 amide bonds. The fourth-order valence-electron chi connectivity index (χ4n) is 3.49. The summed E-state index contributed by atoms with van der Waals surface area (Å²) in [6, 6.07) is -0.228. The summed E-state index contributed by atoms with van der Waals surface area (Å²) in [4.78, 5) is 23.6. The van der Waals surface area contributed by atoms with E-state index in [2.05, 4.69) is 21.2 Å². The monoisotopic (exact) mass is 361 g/mol. The molecular formula is C15H24BrNO4. The van der Waals surface area contributed by atoms with E-state index in [1.54, 1.807) is 0 Å². The van der Waals surface area contributed by atoms with E-state index in [0.29, 0.717) is 0 Å². The largest absolute Gasteiger partial charge is 0.468 e. The molecule has 0 aliphatic carbocycles. The molecule has 1 N–H and O–H groups in total. The van der Waals surface area contributed by atoms with Crippen LogP contribution in [-0.2, 0) is 19.1 Å². The summed E-state index contributed by atoms with van der Waals surface area (Å²) < 4.78 is 10.6. The first-order chi connectivity index (χ1) is 10.0. The molecule has 0 aromatic rings. The van der Waals surface area contributed by atoms with Crippen LogP contribution in [0.4, 0.5) is 0 Å². The number of halogens is 1. The van der Waals surface area contributed by atoms with Gasteiger partial charge in [0.15, 0.2) is 0 Å². The van der Waals surface area contributed by atoms with Crippen LogP contribution in [0.25, 0.3) is 0 Å². The molecule has 0 aromatic carbocycles. The van der Waals surface area contributed by atoms with Crippen molar-refractivity contribution in [2.75, 3.05) is 12.4 Å². The standard InChI is InChI=1S/C15H24BrNO4/c1-10-9-15(21-13(10)18,7-3-4-8-16)12-6-5-11(17-12)14(19)20-2/h10-12,17H,3-9H2,1-2H3/t10-,11+,12-,15+/m1/s1. The number of nitrogens with one attached hydrogen (secondary N) is 1. The van der Waals surface area contributed by atoms with Gasteiger partial charge in [0, 0.05) is 17.8 Å². The van der Waals surface area contributed by atoms with Crippen molar-refractivity contribution in [2.24, 2.45) is 5.92 Å². The highest BCUT2D eigenvalue weighted by atomic mass is 79.9. The number of alkyl halides is 1. The van der Waals surface area contributed by atoms with Gasteiger partial charge in [-0.3, -0.25) is 14.9 Å². The van der Waals surface area contributed by atoms with Crippen molar-refractivity contribution >= 4 is 27.9 Å². The summed E-state index contributed by atoms with van der Waals surface area (Å²) in [6.07, 6.45) is 5.23. The van der Waals surface area contributed by atoms with E-state index in [4.69, 9.17) is 9.47 Å². The third-order valence-corrected chi connectivity index (χ3v) is 5.17. The lowest BCUT2D eigenvalue weighted by Crippen LogP contribution is -2.50. The molecule has 0 spiro atoms. The molecular weight excluding hydrogens is 338 g/mol. The van der Waals surface area contributed by atoms with Crippen molar-refractivity contribution in [3.05, 3.63) is 0 Å². The highest BCUT2D eigenvalue weighted by molar-refractivity contribution is 9.09. The number of carbonyl (C=O) groups is 2. The van der Waals surface area contributed by atoms with Gasteiger partial charge in [-0.2, -0.15) is 0 Å². The second-order valence-corrected chi connectivity index (χ2v) is 6.90. The molecule has 2 aliphatic heterocycles. The molecule has 4 atom stereocenters. The molecule has 0 bridgehead atoms. The van der Waals surface area contributed by atoms with Crippen LogP contribution in [0.1, 0.15) is 45.4 Å². The van der Waals surface area contributed by atoms with Gasteiger partial charge in [0.2, 0.25) is 0 Å². The lowest BCUT2D eigenvalue weighted by Gasteiger charge is -2.34.